The summed E-state index contributed by atoms with van der Waals surface area (Å²) in [5.74, 6) is 1.25. The minimum Gasteiger partial charge on any atom is -0.401 e. The van der Waals surface area contributed by atoms with E-state index in [2.05, 4.69) is 11.4 Å². The smallest absolute Gasteiger partial charge is 0.230 e. The van der Waals surface area contributed by atoms with Crippen LogP contribution in [0.3, 0.4) is 0 Å². The van der Waals surface area contributed by atoms with Gasteiger partial charge in [0.25, 0.3) is 0 Å². The van der Waals surface area contributed by atoms with Crippen LogP contribution in [0.25, 0.3) is 0 Å². The molecule has 1 amide bonds. The van der Waals surface area contributed by atoms with Crippen LogP contribution in [0.1, 0.15) is 57.8 Å². The lowest BCUT2D eigenvalue weighted by atomic mass is 9.50. The largest absolute Gasteiger partial charge is 0.401 e. The van der Waals surface area contributed by atoms with E-state index >= 15 is 0 Å². The van der Waals surface area contributed by atoms with Gasteiger partial charge >= 0.3 is 0 Å². The molecule has 118 valence electrons. The zero-order chi connectivity index (χ0) is 15.3. The van der Waals surface area contributed by atoms with Gasteiger partial charge in [-0.05, 0) is 30.6 Å². The average Bonchev–Trinajstić information content (AvgIpc) is 2.54. The quantitative estimate of drug-likeness (QED) is 0.781. The monoisotopic (exact) mass is 299 g/mol. The highest BCUT2D eigenvalue weighted by molar-refractivity contribution is 5.87. The highest BCUT2D eigenvalue weighted by atomic mass is 16.2. The molecule has 0 radical (unpaired) electrons. The van der Waals surface area contributed by atoms with E-state index in [1.807, 2.05) is 0 Å². The summed E-state index contributed by atoms with van der Waals surface area (Å²) in [7, 11) is 0. The van der Waals surface area contributed by atoms with Crippen molar-refractivity contribution in [2.24, 2.45) is 29.4 Å². The molecule has 2 bridgehead atoms. The highest BCUT2D eigenvalue weighted by Crippen LogP contribution is 2.57. The lowest BCUT2D eigenvalue weighted by Crippen LogP contribution is -2.71. The summed E-state index contributed by atoms with van der Waals surface area (Å²) in [6.45, 7) is 0. The molecular formula is C18H25N3O. The summed E-state index contributed by atoms with van der Waals surface area (Å²) in [5, 5.41) is 12.9. The van der Waals surface area contributed by atoms with E-state index in [4.69, 9.17) is 5.73 Å². The zero-order valence-corrected chi connectivity index (χ0v) is 13.1. The molecule has 4 heteroatoms. The van der Waals surface area contributed by atoms with E-state index in [1.165, 1.54) is 38.5 Å². The van der Waals surface area contributed by atoms with Crippen LogP contribution in [-0.2, 0) is 4.79 Å². The summed E-state index contributed by atoms with van der Waals surface area (Å²) in [6, 6.07) is 2.36. The Morgan fingerprint density at radius 2 is 1.86 bits per heavy atom. The van der Waals surface area contributed by atoms with Crippen molar-refractivity contribution in [3.05, 3.63) is 11.3 Å². The first kappa shape index (κ1) is 14.1. The molecule has 0 aromatic carbocycles. The van der Waals surface area contributed by atoms with Gasteiger partial charge in [0.2, 0.25) is 5.91 Å². The molecule has 2 saturated carbocycles. The molecule has 1 spiro atoms. The van der Waals surface area contributed by atoms with Crippen molar-refractivity contribution >= 4 is 5.91 Å². The summed E-state index contributed by atoms with van der Waals surface area (Å²) in [5.41, 5.74) is 7.21. The predicted octanol–water partition coefficient (Wildman–Crippen LogP) is 2.61. The summed E-state index contributed by atoms with van der Waals surface area (Å²) in [6.07, 6.45) is 10.7. The van der Waals surface area contributed by atoms with Crippen LogP contribution in [0.15, 0.2) is 11.3 Å². The summed E-state index contributed by atoms with van der Waals surface area (Å²) >= 11 is 0. The number of carbonyl (C=O) groups excluding carboxylic acids is 1. The van der Waals surface area contributed by atoms with Crippen molar-refractivity contribution in [1.29, 1.82) is 5.26 Å². The van der Waals surface area contributed by atoms with E-state index in [9.17, 15) is 10.1 Å². The predicted molar refractivity (Wildman–Crippen MR) is 83.2 cm³/mol. The third-order valence-electron chi connectivity index (χ3n) is 6.82. The molecule has 4 atom stereocenters. The van der Waals surface area contributed by atoms with E-state index in [0.29, 0.717) is 29.0 Å². The molecule has 2 heterocycles. The van der Waals surface area contributed by atoms with Gasteiger partial charge in [0.15, 0.2) is 0 Å². The first-order valence-corrected chi connectivity index (χ1v) is 8.91. The molecule has 5 rings (SSSR count). The van der Waals surface area contributed by atoms with Crippen LogP contribution in [0.4, 0.5) is 0 Å². The Morgan fingerprint density at radius 1 is 1.14 bits per heavy atom. The molecular weight excluding hydrogens is 274 g/mol. The lowest BCUT2D eigenvalue weighted by Gasteiger charge is -2.59. The Hall–Kier alpha value is -1.50. The SMILES string of the molecule is N#CC1=C(N)[C@@H]2C(=O)N[C@]13CCCC[C@@H]3[C@@H]2C1CCCCC1. The number of piperidine rings is 1. The maximum absolute atomic E-state index is 12.7. The second kappa shape index (κ2) is 5.01. The second-order valence-corrected chi connectivity index (χ2v) is 7.71. The van der Waals surface area contributed by atoms with Gasteiger partial charge in [-0.15, -0.1) is 0 Å². The number of nitrogens with two attached hydrogens (primary N) is 1. The van der Waals surface area contributed by atoms with Crippen LogP contribution in [-0.4, -0.2) is 11.4 Å². The number of fused-ring (bicyclic) bond motifs is 1. The van der Waals surface area contributed by atoms with Gasteiger partial charge < -0.3 is 11.1 Å². The molecule has 3 fully saturated rings. The summed E-state index contributed by atoms with van der Waals surface area (Å²) in [4.78, 5) is 12.7. The highest BCUT2D eigenvalue weighted by Gasteiger charge is 2.62. The number of nitrogens with one attached hydrogen (secondary N) is 1. The van der Waals surface area contributed by atoms with Gasteiger partial charge in [-0.2, -0.15) is 5.26 Å². The molecule has 0 aromatic heterocycles. The first-order valence-electron chi connectivity index (χ1n) is 8.91. The number of nitriles is 1. The molecule has 0 aromatic rings. The van der Waals surface area contributed by atoms with Gasteiger partial charge in [-0.3, -0.25) is 4.79 Å². The normalized spacial score (nSPS) is 41.8. The van der Waals surface area contributed by atoms with Crippen molar-refractivity contribution in [2.75, 3.05) is 0 Å². The van der Waals surface area contributed by atoms with Crippen molar-refractivity contribution in [3.63, 3.8) is 0 Å². The van der Waals surface area contributed by atoms with E-state index in [0.717, 1.165) is 19.3 Å². The van der Waals surface area contributed by atoms with Gasteiger partial charge in [-0.1, -0.05) is 44.9 Å². The van der Waals surface area contributed by atoms with Gasteiger partial charge in [0.05, 0.1) is 23.1 Å². The summed E-state index contributed by atoms with van der Waals surface area (Å²) < 4.78 is 0. The van der Waals surface area contributed by atoms with Crippen LogP contribution in [0, 0.1) is 35.0 Å². The van der Waals surface area contributed by atoms with E-state index in [-0.39, 0.29) is 11.8 Å². The third-order valence-corrected chi connectivity index (χ3v) is 6.82. The fourth-order valence-corrected chi connectivity index (χ4v) is 6.00. The molecule has 1 saturated heterocycles. The molecule has 4 nitrogen and oxygen atoms in total. The van der Waals surface area contributed by atoms with Gasteiger partial charge in [0.1, 0.15) is 0 Å². The maximum Gasteiger partial charge on any atom is 0.230 e. The van der Waals surface area contributed by atoms with Crippen LogP contribution in [0.2, 0.25) is 0 Å². The lowest BCUT2D eigenvalue weighted by molar-refractivity contribution is -0.140. The van der Waals surface area contributed by atoms with E-state index < -0.39 is 5.54 Å². The average molecular weight is 299 g/mol. The second-order valence-electron chi connectivity index (χ2n) is 7.71. The fraction of sp³-hybridized carbons (Fsp3) is 0.778. The standard InChI is InChI=1S/C18H25N3O/c19-10-13-16(20)15-14(11-6-2-1-3-7-11)12-8-4-5-9-18(12,13)21-17(15)22/h11-12,14-15H,1-9,20H2,(H,21,22)/t12-,14+,15-,18+/m1/s1. The number of rotatable bonds is 1. The first-order chi connectivity index (χ1) is 10.7. The molecule has 3 aliphatic carbocycles. The number of hydrogen-bond acceptors (Lipinski definition) is 3. The molecule has 5 aliphatic rings. The number of hydrogen-bond donors (Lipinski definition) is 2. The van der Waals surface area contributed by atoms with Crippen LogP contribution < -0.4 is 11.1 Å². The van der Waals surface area contributed by atoms with Gasteiger partial charge in [0, 0.05) is 5.70 Å². The fourth-order valence-electron chi connectivity index (χ4n) is 6.00. The van der Waals surface area contributed by atoms with Gasteiger partial charge in [-0.25, -0.2) is 0 Å². The Balaban J connectivity index is 1.82. The minimum atomic E-state index is -0.439. The third kappa shape index (κ3) is 1.71. The Bertz CT molecular complexity index is 569. The van der Waals surface area contributed by atoms with Crippen molar-refractivity contribution in [3.8, 4) is 6.07 Å². The molecule has 3 N–H and O–H groups in total. The number of nitrogens with zero attached hydrogens (tertiary/aromatic N) is 1. The maximum atomic E-state index is 12.7. The molecule has 0 unspecified atom stereocenters. The van der Waals surface area contributed by atoms with Crippen molar-refractivity contribution < 1.29 is 4.79 Å². The Labute approximate surface area is 132 Å². The Morgan fingerprint density at radius 3 is 2.59 bits per heavy atom. The molecule has 22 heavy (non-hydrogen) atoms. The van der Waals surface area contributed by atoms with Crippen molar-refractivity contribution in [1.82, 2.24) is 5.32 Å². The zero-order valence-electron chi connectivity index (χ0n) is 13.1. The minimum absolute atomic E-state index is 0.0882. The number of carbonyl (C=O) groups is 1. The topological polar surface area (TPSA) is 78.9 Å². The van der Waals surface area contributed by atoms with Crippen molar-refractivity contribution in [2.45, 2.75) is 63.3 Å². The Kier molecular flexibility index (Phi) is 3.21. The van der Waals surface area contributed by atoms with Crippen LogP contribution in [0.5, 0.6) is 0 Å². The van der Waals surface area contributed by atoms with E-state index in [1.54, 1.807) is 0 Å². The number of amides is 1. The molecule has 2 aliphatic heterocycles. The van der Waals surface area contributed by atoms with Crippen LogP contribution >= 0.6 is 0 Å².